The average molecular weight is 298 g/mol. The van der Waals surface area contributed by atoms with Crippen molar-refractivity contribution in [3.8, 4) is 11.5 Å². The van der Waals surface area contributed by atoms with Crippen molar-refractivity contribution in [3.63, 3.8) is 0 Å². The predicted molar refractivity (Wildman–Crippen MR) is 85.6 cm³/mol. The monoisotopic (exact) mass is 298 g/mol. The molecule has 1 fully saturated rings. The second-order valence-corrected chi connectivity index (χ2v) is 6.13. The highest BCUT2D eigenvalue weighted by molar-refractivity contribution is 5.93. The molecule has 1 heterocycles. The Kier molecular flexibility index (Phi) is 4.27. The van der Waals surface area contributed by atoms with Crippen molar-refractivity contribution in [2.75, 3.05) is 0 Å². The number of aromatic nitrogens is 1. The lowest BCUT2D eigenvalue weighted by molar-refractivity contribution is 0.0904. The van der Waals surface area contributed by atoms with E-state index in [4.69, 9.17) is 4.42 Å². The fraction of sp³-hybridized carbons (Fsp3) is 0.444. The molecule has 3 rings (SSSR count). The molecule has 0 aliphatic heterocycles. The number of aryl methyl sites for hydroxylation is 1. The number of hydrogen-bond acceptors (Lipinski definition) is 3. The summed E-state index contributed by atoms with van der Waals surface area (Å²) in [5.74, 6) is 1.47. The number of carbonyl (C=O) groups is 1. The number of rotatable bonds is 3. The number of benzene rings is 1. The van der Waals surface area contributed by atoms with Gasteiger partial charge in [0.15, 0.2) is 5.69 Å². The van der Waals surface area contributed by atoms with Gasteiger partial charge in [0.1, 0.15) is 5.76 Å². The number of nitrogens with one attached hydrogen (secondary N) is 1. The number of oxazole rings is 1. The SMILES string of the molecule is Cc1oc(-c2ccccc2)nc1C(=O)N[C@@H]1CCCC[C@@H]1C. The van der Waals surface area contributed by atoms with Gasteiger partial charge in [-0.05, 0) is 37.8 Å². The molecule has 1 aromatic carbocycles. The molecular formula is C18H22N2O2. The normalized spacial score (nSPS) is 21.5. The Hall–Kier alpha value is -2.10. The lowest BCUT2D eigenvalue weighted by Gasteiger charge is -2.29. The first-order valence-electron chi connectivity index (χ1n) is 7.99. The number of nitrogens with zero attached hydrogens (tertiary/aromatic N) is 1. The van der Waals surface area contributed by atoms with Gasteiger partial charge in [0, 0.05) is 11.6 Å². The van der Waals surface area contributed by atoms with E-state index in [0.717, 1.165) is 12.0 Å². The molecule has 0 unspecified atom stereocenters. The molecule has 22 heavy (non-hydrogen) atoms. The zero-order chi connectivity index (χ0) is 15.5. The topological polar surface area (TPSA) is 55.1 Å². The van der Waals surface area contributed by atoms with E-state index in [1.807, 2.05) is 30.3 Å². The van der Waals surface area contributed by atoms with Gasteiger partial charge in [-0.2, -0.15) is 0 Å². The molecule has 0 bridgehead atoms. The molecule has 0 saturated heterocycles. The van der Waals surface area contributed by atoms with Crippen LogP contribution in [-0.2, 0) is 0 Å². The van der Waals surface area contributed by atoms with E-state index >= 15 is 0 Å². The minimum absolute atomic E-state index is 0.123. The van der Waals surface area contributed by atoms with E-state index in [1.165, 1.54) is 19.3 Å². The molecule has 1 aromatic heterocycles. The van der Waals surface area contributed by atoms with Gasteiger partial charge in [-0.25, -0.2) is 4.98 Å². The first-order chi connectivity index (χ1) is 10.6. The molecule has 2 atom stereocenters. The van der Waals surface area contributed by atoms with Crippen molar-refractivity contribution >= 4 is 5.91 Å². The van der Waals surface area contributed by atoms with Crippen LogP contribution in [0.4, 0.5) is 0 Å². The minimum atomic E-state index is -0.123. The summed E-state index contributed by atoms with van der Waals surface area (Å²) in [6.45, 7) is 3.99. The summed E-state index contributed by atoms with van der Waals surface area (Å²) in [6.07, 6.45) is 4.67. The summed E-state index contributed by atoms with van der Waals surface area (Å²) in [6, 6.07) is 9.90. The molecule has 0 radical (unpaired) electrons. The van der Waals surface area contributed by atoms with Gasteiger partial charge in [-0.1, -0.05) is 38.0 Å². The molecule has 0 spiro atoms. The van der Waals surface area contributed by atoms with Crippen LogP contribution in [0.2, 0.25) is 0 Å². The second kappa shape index (κ2) is 6.34. The van der Waals surface area contributed by atoms with Crippen molar-refractivity contribution in [1.82, 2.24) is 10.3 Å². The summed E-state index contributed by atoms with van der Waals surface area (Å²) >= 11 is 0. The average Bonchev–Trinajstić information content (AvgIpc) is 2.92. The summed E-state index contributed by atoms with van der Waals surface area (Å²) in [7, 11) is 0. The second-order valence-electron chi connectivity index (χ2n) is 6.13. The Balaban J connectivity index is 1.77. The van der Waals surface area contributed by atoms with E-state index in [-0.39, 0.29) is 11.9 Å². The molecular weight excluding hydrogens is 276 g/mol. The third-order valence-electron chi connectivity index (χ3n) is 4.46. The molecule has 4 heteroatoms. The molecule has 2 aromatic rings. The van der Waals surface area contributed by atoms with Gasteiger partial charge in [0.05, 0.1) is 0 Å². The summed E-state index contributed by atoms with van der Waals surface area (Å²) in [4.78, 5) is 16.9. The Morgan fingerprint density at radius 2 is 1.95 bits per heavy atom. The van der Waals surface area contributed by atoms with Crippen molar-refractivity contribution in [3.05, 3.63) is 41.8 Å². The Morgan fingerprint density at radius 3 is 2.68 bits per heavy atom. The molecule has 1 N–H and O–H groups in total. The van der Waals surface area contributed by atoms with E-state index in [1.54, 1.807) is 6.92 Å². The smallest absolute Gasteiger partial charge is 0.273 e. The van der Waals surface area contributed by atoms with E-state index in [0.29, 0.717) is 23.3 Å². The van der Waals surface area contributed by atoms with Crippen molar-refractivity contribution in [2.24, 2.45) is 5.92 Å². The molecule has 4 nitrogen and oxygen atoms in total. The highest BCUT2D eigenvalue weighted by Gasteiger charge is 2.25. The fourth-order valence-corrected chi connectivity index (χ4v) is 3.08. The maximum absolute atomic E-state index is 12.5. The zero-order valence-electron chi connectivity index (χ0n) is 13.1. The molecule has 1 aliphatic carbocycles. The lowest BCUT2D eigenvalue weighted by Crippen LogP contribution is -2.41. The van der Waals surface area contributed by atoms with Crippen molar-refractivity contribution < 1.29 is 9.21 Å². The van der Waals surface area contributed by atoms with Crippen LogP contribution in [-0.4, -0.2) is 16.9 Å². The first-order valence-corrected chi connectivity index (χ1v) is 7.99. The number of carbonyl (C=O) groups excluding carboxylic acids is 1. The third kappa shape index (κ3) is 3.06. The largest absolute Gasteiger partial charge is 0.441 e. The number of hydrogen-bond donors (Lipinski definition) is 1. The third-order valence-corrected chi connectivity index (χ3v) is 4.46. The fourth-order valence-electron chi connectivity index (χ4n) is 3.08. The van der Waals surface area contributed by atoms with Crippen LogP contribution in [0.5, 0.6) is 0 Å². The van der Waals surface area contributed by atoms with Gasteiger partial charge < -0.3 is 9.73 Å². The van der Waals surface area contributed by atoms with Gasteiger partial charge in [-0.15, -0.1) is 0 Å². The van der Waals surface area contributed by atoms with Crippen LogP contribution >= 0.6 is 0 Å². The van der Waals surface area contributed by atoms with Crippen LogP contribution in [0.25, 0.3) is 11.5 Å². The van der Waals surface area contributed by atoms with Gasteiger partial charge in [-0.3, -0.25) is 4.79 Å². The quantitative estimate of drug-likeness (QED) is 0.933. The maximum atomic E-state index is 12.5. The van der Waals surface area contributed by atoms with Gasteiger partial charge in [0.25, 0.3) is 5.91 Å². The van der Waals surface area contributed by atoms with E-state index in [9.17, 15) is 4.79 Å². The Bertz CT molecular complexity index is 648. The summed E-state index contributed by atoms with van der Waals surface area (Å²) in [5.41, 5.74) is 1.28. The van der Waals surface area contributed by atoms with Gasteiger partial charge >= 0.3 is 0 Å². The molecule has 1 amide bonds. The van der Waals surface area contributed by atoms with Crippen LogP contribution in [0.1, 0.15) is 48.9 Å². The van der Waals surface area contributed by atoms with Crippen LogP contribution in [0.3, 0.4) is 0 Å². The highest BCUT2D eigenvalue weighted by atomic mass is 16.4. The van der Waals surface area contributed by atoms with Crippen molar-refractivity contribution in [2.45, 2.75) is 45.6 Å². The minimum Gasteiger partial charge on any atom is -0.441 e. The van der Waals surface area contributed by atoms with Crippen LogP contribution in [0.15, 0.2) is 34.7 Å². The lowest BCUT2D eigenvalue weighted by atomic mass is 9.86. The first kappa shape index (κ1) is 14.8. The van der Waals surface area contributed by atoms with E-state index in [2.05, 4.69) is 17.2 Å². The summed E-state index contributed by atoms with van der Waals surface area (Å²) < 4.78 is 5.67. The predicted octanol–water partition coefficient (Wildman–Crippen LogP) is 3.96. The molecule has 116 valence electrons. The Labute approximate surface area is 130 Å². The van der Waals surface area contributed by atoms with Gasteiger partial charge in [0.2, 0.25) is 5.89 Å². The maximum Gasteiger partial charge on any atom is 0.273 e. The number of amides is 1. The van der Waals surface area contributed by atoms with Crippen LogP contribution in [0, 0.1) is 12.8 Å². The van der Waals surface area contributed by atoms with E-state index < -0.39 is 0 Å². The zero-order valence-corrected chi connectivity index (χ0v) is 13.1. The molecule has 1 aliphatic rings. The highest BCUT2D eigenvalue weighted by Crippen LogP contribution is 2.25. The van der Waals surface area contributed by atoms with Crippen LogP contribution < -0.4 is 5.32 Å². The Morgan fingerprint density at radius 1 is 1.23 bits per heavy atom. The molecule has 1 saturated carbocycles. The van der Waals surface area contributed by atoms with Crippen molar-refractivity contribution in [1.29, 1.82) is 0 Å². The standard InChI is InChI=1S/C18H22N2O2/c1-12-8-6-7-11-15(12)19-17(21)16-13(2)22-18(20-16)14-9-4-3-5-10-14/h3-5,9-10,12,15H,6-8,11H2,1-2H3,(H,19,21)/t12-,15+/m0/s1. The summed E-state index contributed by atoms with van der Waals surface area (Å²) in [5, 5.41) is 3.13.